The fourth-order valence-electron chi connectivity index (χ4n) is 0.941. The van der Waals surface area contributed by atoms with Crippen LogP contribution < -0.4 is 0 Å². The number of ether oxygens (including phenoxy) is 2. The zero-order valence-corrected chi connectivity index (χ0v) is 5.72. The minimum Gasteiger partial charge on any atom is -0.355 e. The van der Waals surface area contributed by atoms with Crippen molar-refractivity contribution in [3.8, 4) is 0 Å². The maximum absolute atomic E-state index is 12.0. The van der Waals surface area contributed by atoms with Crippen LogP contribution in [-0.4, -0.2) is 25.9 Å². The summed E-state index contributed by atoms with van der Waals surface area (Å²) in [5.41, 5.74) is 0. The molecular formula is C6H10F2O2. The van der Waals surface area contributed by atoms with E-state index in [1.54, 1.807) is 6.92 Å². The van der Waals surface area contributed by atoms with Crippen molar-refractivity contribution < 1.29 is 18.3 Å². The number of rotatable bonds is 1. The third kappa shape index (κ3) is 1.64. The van der Waals surface area contributed by atoms with E-state index in [9.17, 15) is 8.78 Å². The van der Waals surface area contributed by atoms with Crippen LogP contribution in [0.25, 0.3) is 0 Å². The van der Waals surface area contributed by atoms with Gasteiger partial charge in [0.05, 0.1) is 6.61 Å². The van der Waals surface area contributed by atoms with Crippen molar-refractivity contribution in [3.63, 3.8) is 0 Å². The Kier molecular flexibility index (Phi) is 2.56. The summed E-state index contributed by atoms with van der Waals surface area (Å²) in [4.78, 5) is 0. The van der Waals surface area contributed by atoms with E-state index in [0.29, 0.717) is 6.61 Å². The van der Waals surface area contributed by atoms with Crippen LogP contribution in [-0.2, 0) is 9.47 Å². The molecule has 60 valence electrons. The fraction of sp³-hybridized carbons (Fsp3) is 1.00. The van der Waals surface area contributed by atoms with Gasteiger partial charge < -0.3 is 9.47 Å². The average molecular weight is 152 g/mol. The molecule has 2 unspecified atom stereocenters. The molecule has 1 aliphatic heterocycles. The van der Waals surface area contributed by atoms with Crippen LogP contribution >= 0.6 is 0 Å². The number of hydrogen-bond acceptors (Lipinski definition) is 2. The average Bonchev–Trinajstić information content (AvgIpc) is 1.88. The molecular weight excluding hydrogens is 142 g/mol. The molecule has 0 aromatic heterocycles. The quantitative estimate of drug-likeness (QED) is 0.563. The smallest absolute Gasteiger partial charge is 0.264 e. The van der Waals surface area contributed by atoms with E-state index in [-0.39, 0.29) is 12.7 Å². The summed E-state index contributed by atoms with van der Waals surface area (Å²) in [7, 11) is 0. The predicted molar refractivity (Wildman–Crippen MR) is 30.9 cm³/mol. The van der Waals surface area contributed by atoms with Crippen LogP contribution in [0.15, 0.2) is 0 Å². The van der Waals surface area contributed by atoms with E-state index >= 15 is 0 Å². The lowest BCUT2D eigenvalue weighted by Crippen LogP contribution is -2.37. The van der Waals surface area contributed by atoms with E-state index in [2.05, 4.69) is 4.74 Å². The summed E-state index contributed by atoms with van der Waals surface area (Å²) < 4.78 is 33.5. The first-order chi connectivity index (χ1) is 4.72. The van der Waals surface area contributed by atoms with Gasteiger partial charge >= 0.3 is 0 Å². The Morgan fingerprint density at radius 3 is 2.60 bits per heavy atom. The van der Waals surface area contributed by atoms with E-state index in [0.717, 1.165) is 0 Å². The monoisotopic (exact) mass is 152 g/mol. The molecule has 0 aromatic carbocycles. The van der Waals surface area contributed by atoms with Crippen LogP contribution in [0.1, 0.15) is 6.92 Å². The second-order valence-electron chi connectivity index (χ2n) is 2.43. The van der Waals surface area contributed by atoms with Gasteiger partial charge in [0.2, 0.25) is 0 Å². The first-order valence-electron chi connectivity index (χ1n) is 3.19. The molecule has 0 saturated carbocycles. The summed E-state index contributed by atoms with van der Waals surface area (Å²) in [6.45, 7) is 2.06. The zero-order chi connectivity index (χ0) is 7.56. The van der Waals surface area contributed by atoms with Crippen LogP contribution in [0.4, 0.5) is 8.78 Å². The third-order valence-corrected chi connectivity index (χ3v) is 1.53. The lowest BCUT2D eigenvalue weighted by molar-refractivity contribution is -0.202. The molecule has 1 fully saturated rings. The highest BCUT2D eigenvalue weighted by Crippen LogP contribution is 2.19. The highest BCUT2D eigenvalue weighted by atomic mass is 19.3. The molecule has 0 aromatic rings. The van der Waals surface area contributed by atoms with Crippen LogP contribution in [0.2, 0.25) is 0 Å². The minimum atomic E-state index is -2.39. The molecule has 2 atom stereocenters. The first-order valence-corrected chi connectivity index (χ1v) is 3.19. The van der Waals surface area contributed by atoms with Crippen molar-refractivity contribution >= 4 is 0 Å². The Morgan fingerprint density at radius 1 is 1.50 bits per heavy atom. The minimum absolute atomic E-state index is 0.000648. The maximum atomic E-state index is 12.0. The molecule has 0 aliphatic carbocycles. The molecule has 0 amide bonds. The van der Waals surface area contributed by atoms with Gasteiger partial charge in [0.25, 0.3) is 6.43 Å². The maximum Gasteiger partial charge on any atom is 0.264 e. The van der Waals surface area contributed by atoms with E-state index < -0.39 is 12.5 Å². The molecule has 2 nitrogen and oxygen atoms in total. The van der Waals surface area contributed by atoms with Crippen molar-refractivity contribution in [3.05, 3.63) is 0 Å². The van der Waals surface area contributed by atoms with Gasteiger partial charge in [0.15, 0.2) is 0 Å². The van der Waals surface area contributed by atoms with E-state index in [4.69, 9.17) is 4.74 Å². The molecule has 0 bridgehead atoms. The molecule has 0 radical (unpaired) electrons. The molecule has 1 aliphatic rings. The van der Waals surface area contributed by atoms with Crippen LogP contribution in [0.5, 0.6) is 0 Å². The largest absolute Gasteiger partial charge is 0.355 e. The topological polar surface area (TPSA) is 18.5 Å². The number of alkyl halides is 2. The molecule has 10 heavy (non-hydrogen) atoms. The van der Waals surface area contributed by atoms with Crippen molar-refractivity contribution in [1.29, 1.82) is 0 Å². The summed E-state index contributed by atoms with van der Waals surface area (Å²) in [5.74, 6) is -0.200. The van der Waals surface area contributed by atoms with Gasteiger partial charge in [-0.3, -0.25) is 0 Å². The van der Waals surface area contributed by atoms with Gasteiger partial charge in [0.1, 0.15) is 12.9 Å². The molecule has 1 saturated heterocycles. The Bertz CT molecular complexity index is 108. The lowest BCUT2D eigenvalue weighted by atomic mass is 10.1. The van der Waals surface area contributed by atoms with Crippen molar-refractivity contribution in [2.75, 3.05) is 13.4 Å². The fourth-order valence-corrected chi connectivity index (χ4v) is 0.941. The number of hydrogen-bond donors (Lipinski definition) is 0. The molecule has 1 heterocycles. The highest BCUT2D eigenvalue weighted by Gasteiger charge is 2.30. The molecule has 1 rings (SSSR count). The summed E-state index contributed by atoms with van der Waals surface area (Å²) in [6, 6.07) is 0. The van der Waals surface area contributed by atoms with E-state index in [1.165, 1.54) is 0 Å². The molecule has 4 heteroatoms. The Morgan fingerprint density at radius 2 is 2.20 bits per heavy atom. The van der Waals surface area contributed by atoms with E-state index in [1.807, 2.05) is 0 Å². The molecule has 0 spiro atoms. The van der Waals surface area contributed by atoms with Gasteiger partial charge in [-0.15, -0.1) is 0 Å². The van der Waals surface area contributed by atoms with Gasteiger partial charge in [-0.05, 0) is 0 Å². The second kappa shape index (κ2) is 3.25. The predicted octanol–water partition coefficient (Wildman–Crippen LogP) is 1.26. The summed E-state index contributed by atoms with van der Waals surface area (Å²) in [6.07, 6.45) is -3.33. The van der Waals surface area contributed by atoms with Crippen molar-refractivity contribution in [2.45, 2.75) is 19.5 Å². The second-order valence-corrected chi connectivity index (χ2v) is 2.43. The van der Waals surface area contributed by atoms with Crippen LogP contribution in [0, 0.1) is 5.92 Å². The Balaban J connectivity index is 2.40. The SMILES string of the molecule is CC1COCOC1C(F)F. The van der Waals surface area contributed by atoms with Gasteiger partial charge in [0, 0.05) is 5.92 Å². The summed E-state index contributed by atoms with van der Waals surface area (Å²) >= 11 is 0. The zero-order valence-electron chi connectivity index (χ0n) is 5.72. The Labute approximate surface area is 58.1 Å². The number of halogens is 2. The van der Waals surface area contributed by atoms with Crippen molar-refractivity contribution in [2.24, 2.45) is 5.92 Å². The van der Waals surface area contributed by atoms with Crippen molar-refractivity contribution in [1.82, 2.24) is 0 Å². The van der Waals surface area contributed by atoms with Gasteiger partial charge in [-0.1, -0.05) is 6.92 Å². The molecule has 0 N–H and O–H groups in total. The highest BCUT2D eigenvalue weighted by molar-refractivity contribution is 4.69. The van der Waals surface area contributed by atoms with Crippen LogP contribution in [0.3, 0.4) is 0 Å². The van der Waals surface area contributed by atoms with Gasteiger partial charge in [-0.25, -0.2) is 8.78 Å². The third-order valence-electron chi connectivity index (χ3n) is 1.53. The lowest BCUT2D eigenvalue weighted by Gasteiger charge is -2.27. The standard InChI is InChI=1S/C6H10F2O2/c1-4-2-9-3-10-5(4)6(7)8/h4-6H,2-3H2,1H3. The van der Waals surface area contributed by atoms with Gasteiger partial charge in [-0.2, -0.15) is 0 Å². The first kappa shape index (κ1) is 7.88. The Hall–Kier alpha value is -0.220. The normalized spacial score (nSPS) is 34.8. The summed E-state index contributed by atoms with van der Waals surface area (Å²) in [5, 5.41) is 0.